The van der Waals surface area contributed by atoms with E-state index in [0.717, 1.165) is 18.6 Å². The number of ether oxygens (including phenoxy) is 1. The fourth-order valence-electron chi connectivity index (χ4n) is 2.78. The van der Waals surface area contributed by atoms with Gasteiger partial charge in [-0.3, -0.25) is 0 Å². The summed E-state index contributed by atoms with van der Waals surface area (Å²) in [6, 6.07) is 6.41. The van der Waals surface area contributed by atoms with Crippen LogP contribution in [0.5, 0.6) is 5.75 Å². The summed E-state index contributed by atoms with van der Waals surface area (Å²) < 4.78 is 5.40. The lowest BCUT2D eigenvalue weighted by atomic mass is 9.83. The highest BCUT2D eigenvalue weighted by atomic mass is 16.5. The Morgan fingerprint density at radius 1 is 1.12 bits per heavy atom. The van der Waals surface area contributed by atoms with Crippen LogP contribution in [0.25, 0.3) is 0 Å². The Hall–Kier alpha value is -1.02. The summed E-state index contributed by atoms with van der Waals surface area (Å²) >= 11 is 0. The highest BCUT2D eigenvalue weighted by Crippen LogP contribution is 2.35. The highest BCUT2D eigenvalue weighted by molar-refractivity contribution is 5.39. The summed E-state index contributed by atoms with van der Waals surface area (Å²) in [6.07, 6.45) is 7.32. The molecule has 0 unspecified atom stereocenters. The molecule has 1 aromatic rings. The van der Waals surface area contributed by atoms with E-state index in [-0.39, 0.29) is 5.54 Å². The lowest BCUT2D eigenvalue weighted by Gasteiger charge is -2.29. The monoisotopic (exact) mass is 233 g/mol. The van der Waals surface area contributed by atoms with E-state index in [9.17, 15) is 0 Å². The van der Waals surface area contributed by atoms with Gasteiger partial charge in [0.1, 0.15) is 5.75 Å². The van der Waals surface area contributed by atoms with Crippen molar-refractivity contribution in [2.24, 2.45) is 5.73 Å². The lowest BCUT2D eigenvalue weighted by molar-refractivity contribution is 0.377. The van der Waals surface area contributed by atoms with Gasteiger partial charge in [-0.25, -0.2) is 0 Å². The van der Waals surface area contributed by atoms with Crippen LogP contribution in [0.15, 0.2) is 18.2 Å². The molecule has 1 saturated carbocycles. The van der Waals surface area contributed by atoms with E-state index in [2.05, 4.69) is 25.1 Å². The quantitative estimate of drug-likeness (QED) is 0.793. The number of benzene rings is 1. The number of hydrogen-bond donors (Lipinski definition) is 1. The van der Waals surface area contributed by atoms with Crippen molar-refractivity contribution < 1.29 is 4.74 Å². The molecule has 1 fully saturated rings. The molecule has 1 aliphatic rings. The predicted molar refractivity (Wildman–Crippen MR) is 71.3 cm³/mol. The van der Waals surface area contributed by atoms with Crippen molar-refractivity contribution in [1.82, 2.24) is 0 Å². The van der Waals surface area contributed by atoms with Crippen molar-refractivity contribution in [2.45, 2.75) is 51.0 Å². The number of nitrogens with two attached hydrogens (primary N) is 1. The molecule has 0 bridgehead atoms. The molecular formula is C15H23NO. The zero-order valence-corrected chi connectivity index (χ0v) is 11.0. The summed E-state index contributed by atoms with van der Waals surface area (Å²) in [5.41, 5.74) is 8.87. The molecule has 0 heterocycles. The fourth-order valence-corrected chi connectivity index (χ4v) is 2.78. The van der Waals surface area contributed by atoms with Gasteiger partial charge in [0.05, 0.1) is 7.11 Å². The Kier molecular flexibility index (Phi) is 3.72. The molecule has 0 atom stereocenters. The van der Waals surface area contributed by atoms with E-state index in [4.69, 9.17) is 10.5 Å². The summed E-state index contributed by atoms with van der Waals surface area (Å²) in [6.45, 7) is 2.07. The molecule has 2 N–H and O–H groups in total. The average Bonchev–Trinajstić information content (AvgIpc) is 2.55. The summed E-state index contributed by atoms with van der Waals surface area (Å²) in [5, 5.41) is 0. The zero-order valence-electron chi connectivity index (χ0n) is 11.0. The van der Waals surface area contributed by atoms with E-state index in [1.54, 1.807) is 7.11 Å². The SMILES string of the molecule is COc1cc(C2(N)CCCCCC2)ccc1C. The Morgan fingerprint density at radius 3 is 2.35 bits per heavy atom. The van der Waals surface area contributed by atoms with Crippen molar-refractivity contribution >= 4 is 0 Å². The van der Waals surface area contributed by atoms with Crippen LogP contribution in [0, 0.1) is 6.92 Å². The molecule has 1 aliphatic carbocycles. The minimum absolute atomic E-state index is 0.141. The van der Waals surface area contributed by atoms with Crippen LogP contribution in [0.2, 0.25) is 0 Å². The number of rotatable bonds is 2. The molecule has 1 aromatic carbocycles. The van der Waals surface area contributed by atoms with Gasteiger partial charge in [-0.15, -0.1) is 0 Å². The van der Waals surface area contributed by atoms with Gasteiger partial charge in [-0.05, 0) is 37.0 Å². The number of hydrogen-bond acceptors (Lipinski definition) is 2. The van der Waals surface area contributed by atoms with Crippen LogP contribution in [-0.2, 0) is 5.54 Å². The summed E-state index contributed by atoms with van der Waals surface area (Å²) in [5.74, 6) is 0.955. The summed E-state index contributed by atoms with van der Waals surface area (Å²) in [4.78, 5) is 0. The maximum atomic E-state index is 6.60. The molecule has 0 aliphatic heterocycles. The largest absolute Gasteiger partial charge is 0.496 e. The molecular weight excluding hydrogens is 210 g/mol. The maximum absolute atomic E-state index is 6.60. The van der Waals surface area contributed by atoms with E-state index >= 15 is 0 Å². The molecule has 94 valence electrons. The van der Waals surface area contributed by atoms with E-state index in [1.165, 1.54) is 36.8 Å². The molecule has 2 nitrogen and oxygen atoms in total. The third kappa shape index (κ3) is 2.63. The first-order chi connectivity index (χ1) is 8.15. The van der Waals surface area contributed by atoms with Crippen LogP contribution >= 0.6 is 0 Å². The minimum atomic E-state index is -0.141. The van der Waals surface area contributed by atoms with E-state index in [0.29, 0.717) is 0 Å². The van der Waals surface area contributed by atoms with Crippen LogP contribution in [0.1, 0.15) is 49.7 Å². The molecule has 0 aromatic heterocycles. The Bertz CT molecular complexity index is 379. The Morgan fingerprint density at radius 2 is 1.76 bits per heavy atom. The van der Waals surface area contributed by atoms with Crippen LogP contribution < -0.4 is 10.5 Å². The molecule has 17 heavy (non-hydrogen) atoms. The van der Waals surface area contributed by atoms with Gasteiger partial charge < -0.3 is 10.5 Å². The van der Waals surface area contributed by atoms with Gasteiger partial charge in [-0.1, -0.05) is 37.8 Å². The van der Waals surface area contributed by atoms with Gasteiger partial charge in [0.15, 0.2) is 0 Å². The second-order valence-electron chi connectivity index (χ2n) is 5.25. The molecule has 0 saturated heterocycles. The molecule has 2 rings (SSSR count). The van der Waals surface area contributed by atoms with Gasteiger partial charge in [0, 0.05) is 5.54 Å². The Balaban J connectivity index is 2.31. The van der Waals surface area contributed by atoms with Gasteiger partial charge in [0.2, 0.25) is 0 Å². The van der Waals surface area contributed by atoms with Gasteiger partial charge in [-0.2, -0.15) is 0 Å². The van der Waals surface area contributed by atoms with Gasteiger partial charge in [0.25, 0.3) is 0 Å². The molecule has 2 heteroatoms. The smallest absolute Gasteiger partial charge is 0.122 e. The molecule has 0 spiro atoms. The minimum Gasteiger partial charge on any atom is -0.496 e. The van der Waals surface area contributed by atoms with Gasteiger partial charge >= 0.3 is 0 Å². The van der Waals surface area contributed by atoms with E-state index in [1.807, 2.05) is 0 Å². The van der Waals surface area contributed by atoms with Crippen LogP contribution in [0.4, 0.5) is 0 Å². The van der Waals surface area contributed by atoms with Crippen molar-refractivity contribution in [3.63, 3.8) is 0 Å². The highest BCUT2D eigenvalue weighted by Gasteiger charge is 2.28. The number of methoxy groups -OCH3 is 1. The second kappa shape index (κ2) is 5.09. The first-order valence-electron chi connectivity index (χ1n) is 6.60. The van der Waals surface area contributed by atoms with Crippen molar-refractivity contribution in [3.8, 4) is 5.75 Å². The predicted octanol–water partition coefficient (Wildman–Crippen LogP) is 3.51. The third-order valence-electron chi connectivity index (χ3n) is 3.98. The topological polar surface area (TPSA) is 35.2 Å². The fraction of sp³-hybridized carbons (Fsp3) is 0.600. The Labute approximate surface area is 104 Å². The third-order valence-corrected chi connectivity index (χ3v) is 3.98. The normalized spacial score (nSPS) is 19.7. The van der Waals surface area contributed by atoms with Crippen molar-refractivity contribution in [2.75, 3.05) is 7.11 Å². The average molecular weight is 233 g/mol. The molecule has 0 radical (unpaired) electrons. The van der Waals surface area contributed by atoms with Crippen LogP contribution in [-0.4, -0.2) is 7.11 Å². The maximum Gasteiger partial charge on any atom is 0.122 e. The first kappa shape index (κ1) is 12.4. The van der Waals surface area contributed by atoms with E-state index < -0.39 is 0 Å². The standard InChI is InChI=1S/C15H23NO/c1-12-7-8-13(11-14(12)17-2)15(16)9-5-3-4-6-10-15/h7-8,11H,3-6,9-10,16H2,1-2H3. The second-order valence-corrected chi connectivity index (χ2v) is 5.25. The number of aryl methyl sites for hydroxylation is 1. The zero-order chi connectivity index (χ0) is 12.3. The molecule has 0 amide bonds. The lowest BCUT2D eigenvalue weighted by Crippen LogP contribution is -2.36. The van der Waals surface area contributed by atoms with Crippen molar-refractivity contribution in [1.29, 1.82) is 0 Å². The van der Waals surface area contributed by atoms with Crippen LogP contribution in [0.3, 0.4) is 0 Å². The van der Waals surface area contributed by atoms with Crippen molar-refractivity contribution in [3.05, 3.63) is 29.3 Å². The summed E-state index contributed by atoms with van der Waals surface area (Å²) in [7, 11) is 1.72. The first-order valence-corrected chi connectivity index (χ1v) is 6.60.